The van der Waals surface area contributed by atoms with E-state index in [1.165, 1.54) is 29.6 Å². The summed E-state index contributed by atoms with van der Waals surface area (Å²) in [6.07, 6.45) is 6.56. The van der Waals surface area contributed by atoms with Gasteiger partial charge < -0.3 is 0 Å². The van der Waals surface area contributed by atoms with Crippen molar-refractivity contribution in [1.82, 2.24) is 4.90 Å². The van der Waals surface area contributed by atoms with Crippen molar-refractivity contribution >= 4 is 40.3 Å². The maximum Gasteiger partial charge on any atom is 0.236 e. The van der Waals surface area contributed by atoms with Gasteiger partial charge in [-0.1, -0.05) is 24.8 Å². The van der Waals surface area contributed by atoms with Gasteiger partial charge in [0.05, 0.1) is 12.8 Å². The van der Waals surface area contributed by atoms with Crippen LogP contribution >= 0.6 is 0 Å². The summed E-state index contributed by atoms with van der Waals surface area (Å²) in [5, 5.41) is 0. The summed E-state index contributed by atoms with van der Waals surface area (Å²) in [6, 6.07) is 12.1. The number of rotatable bonds is 6. The molecule has 30 heavy (non-hydrogen) atoms. The molecule has 0 aromatic heterocycles. The molecule has 4 nitrogen and oxygen atoms in total. The first-order valence-electron chi connectivity index (χ1n) is 9.37. The van der Waals surface area contributed by atoms with Gasteiger partial charge in [0.25, 0.3) is 0 Å². The third kappa shape index (κ3) is 4.39. The minimum Gasteiger partial charge on any atom is -0.279 e. The molecule has 0 saturated carbocycles. The number of amides is 1. The summed E-state index contributed by atoms with van der Waals surface area (Å²) in [6.45, 7) is 5.59. The van der Waals surface area contributed by atoms with Crippen molar-refractivity contribution in [3.63, 3.8) is 0 Å². The minimum absolute atomic E-state index is 0.103. The first kappa shape index (κ1) is 21.6. The number of nitrogens with zero attached hydrogens (tertiary/aromatic N) is 2. The smallest absolute Gasteiger partial charge is 0.236 e. The first-order valence-corrected chi connectivity index (χ1v) is 10.9. The molecule has 1 aliphatic carbocycles. The van der Waals surface area contributed by atoms with E-state index in [1.807, 2.05) is 37.3 Å². The monoisotopic (exact) mass is 422 g/mol. The Hall–Kier alpha value is -3.12. The van der Waals surface area contributed by atoms with Crippen LogP contribution in [0.25, 0.3) is 17.2 Å². The van der Waals surface area contributed by atoms with Crippen molar-refractivity contribution in [2.45, 2.75) is 18.2 Å². The van der Waals surface area contributed by atoms with E-state index in [9.17, 15) is 13.4 Å². The Morgan fingerprint density at radius 3 is 2.50 bits per heavy atom. The van der Waals surface area contributed by atoms with E-state index in [-0.39, 0.29) is 18.1 Å². The first-order chi connectivity index (χ1) is 14.3. The normalized spacial score (nSPS) is 15.5. The molecule has 1 aliphatic rings. The lowest BCUT2D eigenvalue weighted by molar-refractivity contribution is -0.124. The SMILES string of the molecule is C=CN(C=NC)C(=O)CC1=C(C)/C(=C\c2ccc(S(C)=O)cc2)c2ccc(F)cc21. The van der Waals surface area contributed by atoms with Crippen LogP contribution in [0.1, 0.15) is 30.0 Å². The molecule has 0 spiro atoms. The van der Waals surface area contributed by atoms with Gasteiger partial charge in [0.1, 0.15) is 5.82 Å². The van der Waals surface area contributed by atoms with Gasteiger partial charge in [0.15, 0.2) is 0 Å². The zero-order valence-electron chi connectivity index (χ0n) is 17.2. The molecular weight excluding hydrogens is 399 g/mol. The predicted molar refractivity (Wildman–Crippen MR) is 122 cm³/mol. The highest BCUT2D eigenvalue weighted by molar-refractivity contribution is 7.84. The Morgan fingerprint density at radius 2 is 1.90 bits per heavy atom. The molecule has 0 radical (unpaired) electrons. The molecule has 6 heteroatoms. The van der Waals surface area contributed by atoms with Crippen LogP contribution in [0.2, 0.25) is 0 Å². The summed E-state index contributed by atoms with van der Waals surface area (Å²) in [5.41, 5.74) is 5.18. The van der Waals surface area contributed by atoms with E-state index < -0.39 is 10.8 Å². The Morgan fingerprint density at radius 1 is 1.20 bits per heavy atom. The number of halogens is 1. The number of carbonyl (C=O) groups is 1. The summed E-state index contributed by atoms with van der Waals surface area (Å²) < 4.78 is 25.6. The van der Waals surface area contributed by atoms with Crippen molar-refractivity contribution in [2.24, 2.45) is 4.99 Å². The lowest BCUT2D eigenvalue weighted by Crippen LogP contribution is -2.23. The number of aliphatic imine (C=N–C) groups is 1. The van der Waals surface area contributed by atoms with Crippen molar-refractivity contribution in [1.29, 1.82) is 0 Å². The van der Waals surface area contributed by atoms with Crippen LogP contribution in [0, 0.1) is 5.82 Å². The van der Waals surface area contributed by atoms with Gasteiger partial charge in [0.2, 0.25) is 5.91 Å². The van der Waals surface area contributed by atoms with Gasteiger partial charge in [-0.25, -0.2) is 4.39 Å². The molecule has 2 aromatic carbocycles. The van der Waals surface area contributed by atoms with Gasteiger partial charge in [0, 0.05) is 35.2 Å². The fraction of sp³-hybridized carbons (Fsp3) is 0.167. The molecule has 0 N–H and O–H groups in total. The number of hydrogen-bond acceptors (Lipinski definition) is 3. The predicted octanol–water partition coefficient (Wildman–Crippen LogP) is 4.91. The minimum atomic E-state index is -1.04. The Bertz CT molecular complexity index is 1110. The van der Waals surface area contributed by atoms with Gasteiger partial charge >= 0.3 is 0 Å². The molecule has 0 fully saturated rings. The number of benzene rings is 2. The quantitative estimate of drug-likeness (QED) is 0.491. The maximum atomic E-state index is 14.0. The van der Waals surface area contributed by atoms with E-state index in [1.54, 1.807) is 19.4 Å². The fourth-order valence-electron chi connectivity index (χ4n) is 3.48. The lowest BCUT2D eigenvalue weighted by atomic mass is 10.0. The molecule has 0 saturated heterocycles. The van der Waals surface area contributed by atoms with Crippen LogP contribution in [-0.2, 0) is 15.6 Å². The second kappa shape index (κ2) is 9.13. The standard InChI is InChI=1S/C24H23FN2O2S/c1-5-27(15-26-3)24(28)14-22-16(2)21(20-11-8-18(25)13-23(20)22)12-17-6-9-19(10-7-17)30(4)29/h5-13,15H,1,14H2,2-4H3/b21-12+,26-15?. The van der Waals surface area contributed by atoms with E-state index in [4.69, 9.17) is 0 Å². The molecule has 0 bridgehead atoms. The van der Waals surface area contributed by atoms with Crippen LogP contribution in [-0.4, -0.2) is 34.7 Å². The molecule has 2 aromatic rings. The zero-order chi connectivity index (χ0) is 21.8. The molecule has 0 heterocycles. The number of fused-ring (bicyclic) bond motifs is 1. The number of hydrogen-bond donors (Lipinski definition) is 0. The maximum absolute atomic E-state index is 14.0. The topological polar surface area (TPSA) is 49.7 Å². The zero-order valence-corrected chi connectivity index (χ0v) is 18.0. The van der Waals surface area contributed by atoms with Crippen molar-refractivity contribution in [3.05, 3.63) is 83.3 Å². The molecule has 0 aliphatic heterocycles. The van der Waals surface area contributed by atoms with Crippen molar-refractivity contribution in [2.75, 3.05) is 13.3 Å². The Kier molecular flexibility index (Phi) is 6.57. The average molecular weight is 423 g/mol. The highest BCUT2D eigenvalue weighted by atomic mass is 32.2. The Labute approximate surface area is 178 Å². The number of allylic oxidation sites excluding steroid dienone is 2. The molecule has 154 valence electrons. The van der Waals surface area contributed by atoms with Crippen molar-refractivity contribution in [3.8, 4) is 0 Å². The van der Waals surface area contributed by atoms with Crippen LogP contribution in [0.5, 0.6) is 0 Å². The molecule has 1 amide bonds. The molecule has 1 unspecified atom stereocenters. The van der Waals surface area contributed by atoms with Crippen LogP contribution in [0.3, 0.4) is 0 Å². The largest absolute Gasteiger partial charge is 0.279 e. The Balaban J connectivity index is 2.05. The summed E-state index contributed by atoms with van der Waals surface area (Å²) in [4.78, 5) is 18.7. The van der Waals surface area contributed by atoms with Crippen LogP contribution in [0.15, 0.2) is 70.7 Å². The van der Waals surface area contributed by atoms with E-state index in [0.717, 1.165) is 38.3 Å². The lowest BCUT2D eigenvalue weighted by Gasteiger charge is -2.13. The van der Waals surface area contributed by atoms with Crippen LogP contribution < -0.4 is 0 Å². The molecular formula is C24H23FN2O2S. The highest BCUT2D eigenvalue weighted by Crippen LogP contribution is 2.44. The second-order valence-corrected chi connectivity index (χ2v) is 8.29. The molecule has 1 atom stereocenters. The van der Waals surface area contributed by atoms with E-state index >= 15 is 0 Å². The van der Waals surface area contributed by atoms with E-state index in [0.29, 0.717) is 0 Å². The van der Waals surface area contributed by atoms with Gasteiger partial charge in [-0.15, -0.1) is 0 Å². The van der Waals surface area contributed by atoms with Crippen molar-refractivity contribution < 1.29 is 13.4 Å². The summed E-state index contributed by atoms with van der Waals surface area (Å²) >= 11 is 0. The van der Waals surface area contributed by atoms with Gasteiger partial charge in [-0.3, -0.25) is 18.9 Å². The third-order valence-electron chi connectivity index (χ3n) is 5.03. The van der Waals surface area contributed by atoms with Crippen LogP contribution in [0.4, 0.5) is 4.39 Å². The third-order valence-corrected chi connectivity index (χ3v) is 5.97. The van der Waals surface area contributed by atoms with E-state index in [2.05, 4.69) is 11.6 Å². The second-order valence-electron chi connectivity index (χ2n) is 6.91. The molecule has 3 rings (SSSR count). The highest BCUT2D eigenvalue weighted by Gasteiger charge is 2.26. The summed E-state index contributed by atoms with van der Waals surface area (Å²) in [7, 11) is 0.539. The summed E-state index contributed by atoms with van der Waals surface area (Å²) in [5.74, 6) is -0.547. The average Bonchev–Trinajstić information content (AvgIpc) is 2.97. The van der Waals surface area contributed by atoms with Gasteiger partial charge in [-0.2, -0.15) is 0 Å². The number of carbonyl (C=O) groups excluding carboxylic acids is 1. The fourth-order valence-corrected chi connectivity index (χ4v) is 4.00. The van der Waals surface area contributed by atoms with Gasteiger partial charge in [-0.05, 0) is 70.7 Å².